The van der Waals surface area contributed by atoms with Crippen molar-refractivity contribution in [3.05, 3.63) is 0 Å². The molecule has 3 unspecified atom stereocenters. The maximum Gasteiger partial charge on any atom is 0.309 e. The Morgan fingerprint density at radius 2 is 1.78 bits per heavy atom. The number of aliphatic hydroxyl groups is 2. The van der Waals surface area contributed by atoms with Crippen LogP contribution in [0.3, 0.4) is 0 Å². The number of carbonyl (C=O) groups excluding carboxylic acids is 2. The number of ether oxygens (including phenoxy) is 2. The number of rotatable bonds is 2. The Hall–Kier alpha value is -0.980. The molecule has 0 radical (unpaired) electrons. The largest absolute Gasteiger partial charge is 0.459 e. The van der Waals surface area contributed by atoms with E-state index in [0.717, 1.165) is 12.8 Å². The van der Waals surface area contributed by atoms with E-state index < -0.39 is 35.3 Å². The average Bonchev–Trinajstić information content (AvgIpc) is 2.62. The molecule has 6 heteroatoms. The second kappa shape index (κ2) is 9.48. The summed E-state index contributed by atoms with van der Waals surface area (Å²) < 4.78 is 11.2. The molecule has 0 bridgehead atoms. The van der Waals surface area contributed by atoms with Gasteiger partial charge in [-0.2, -0.15) is 0 Å². The number of hydrogen-bond donors (Lipinski definition) is 2. The zero-order valence-electron chi connectivity index (χ0n) is 17.9. The molecule has 0 aromatic heterocycles. The Balaban J connectivity index is 3.22. The maximum absolute atomic E-state index is 12.9. The highest BCUT2D eigenvalue weighted by molar-refractivity contribution is 5.83. The summed E-state index contributed by atoms with van der Waals surface area (Å²) in [4.78, 5) is 25.4. The van der Waals surface area contributed by atoms with Crippen LogP contribution in [0, 0.1) is 17.8 Å². The molecular weight excluding hydrogens is 348 g/mol. The Morgan fingerprint density at radius 3 is 2.30 bits per heavy atom. The lowest BCUT2D eigenvalue weighted by Gasteiger charge is -2.40. The van der Waals surface area contributed by atoms with Gasteiger partial charge in [0.25, 0.3) is 0 Å². The van der Waals surface area contributed by atoms with Crippen molar-refractivity contribution in [3.63, 3.8) is 0 Å². The van der Waals surface area contributed by atoms with E-state index in [4.69, 9.17) is 9.47 Å². The molecule has 1 fully saturated rings. The second-order valence-corrected chi connectivity index (χ2v) is 8.75. The first-order valence-electron chi connectivity index (χ1n) is 10.1. The average molecular weight is 387 g/mol. The second-order valence-electron chi connectivity index (χ2n) is 8.75. The fraction of sp³-hybridized carbons (Fsp3) is 0.905. The number of esters is 1. The van der Waals surface area contributed by atoms with Gasteiger partial charge in [-0.05, 0) is 46.0 Å². The van der Waals surface area contributed by atoms with E-state index in [1.807, 2.05) is 20.8 Å². The van der Waals surface area contributed by atoms with Crippen molar-refractivity contribution in [2.45, 2.75) is 97.1 Å². The topological polar surface area (TPSA) is 93.1 Å². The van der Waals surface area contributed by atoms with E-state index in [2.05, 4.69) is 0 Å². The molecular formula is C21H38O6. The standard InChI is InChI=1S/C21H38O6/c1-8-16-21(6,25)18(23)15(4)17(22)14(3)12-20(5,26-7)11-9-10-13(2)19(24)27-16/h13-16,18,23,25H,8-12H2,1-7H3/t13?,14-,15?,16-,18?,20+,21-/m1/s1. The normalized spacial score (nSPS) is 43.1. The molecule has 7 atom stereocenters. The van der Waals surface area contributed by atoms with Crippen LogP contribution in [0.2, 0.25) is 0 Å². The summed E-state index contributed by atoms with van der Waals surface area (Å²) in [5.74, 6) is -1.94. The van der Waals surface area contributed by atoms with Gasteiger partial charge in [-0.3, -0.25) is 9.59 Å². The number of aliphatic hydroxyl groups excluding tert-OH is 1. The molecule has 27 heavy (non-hydrogen) atoms. The van der Waals surface area contributed by atoms with E-state index in [1.54, 1.807) is 21.0 Å². The third-order valence-electron chi connectivity index (χ3n) is 6.26. The molecule has 1 aliphatic heterocycles. The van der Waals surface area contributed by atoms with Gasteiger partial charge < -0.3 is 19.7 Å². The quantitative estimate of drug-likeness (QED) is 0.709. The van der Waals surface area contributed by atoms with Gasteiger partial charge in [-0.25, -0.2) is 0 Å². The zero-order chi connectivity index (χ0) is 21.0. The summed E-state index contributed by atoms with van der Waals surface area (Å²) >= 11 is 0. The van der Waals surface area contributed by atoms with Crippen molar-refractivity contribution < 1.29 is 29.3 Å². The van der Waals surface area contributed by atoms with Gasteiger partial charge in [-0.15, -0.1) is 0 Å². The molecule has 0 amide bonds. The molecule has 0 saturated carbocycles. The van der Waals surface area contributed by atoms with Crippen LogP contribution in [0.25, 0.3) is 0 Å². The first kappa shape index (κ1) is 24.1. The Labute approximate surface area is 163 Å². The van der Waals surface area contributed by atoms with E-state index in [9.17, 15) is 19.8 Å². The lowest BCUT2D eigenvalue weighted by molar-refractivity contribution is -0.190. The fourth-order valence-corrected chi connectivity index (χ4v) is 4.11. The lowest BCUT2D eigenvalue weighted by atomic mass is 9.76. The predicted octanol–water partition coefficient (Wildman–Crippen LogP) is 2.88. The van der Waals surface area contributed by atoms with Gasteiger partial charge in [0.15, 0.2) is 0 Å². The molecule has 1 aliphatic rings. The van der Waals surface area contributed by atoms with Gasteiger partial charge in [0, 0.05) is 18.9 Å². The highest BCUT2D eigenvalue weighted by atomic mass is 16.6. The number of ketones is 1. The van der Waals surface area contributed by atoms with Crippen molar-refractivity contribution in [1.29, 1.82) is 0 Å². The SMILES string of the molecule is CC[C@H]1OC(=O)C(C)CCC[C@](C)(OC)C[C@@H](C)C(=O)C(C)C(O)[C@]1(C)O. The first-order chi connectivity index (χ1) is 12.4. The van der Waals surface area contributed by atoms with Crippen LogP contribution in [0.4, 0.5) is 0 Å². The number of methoxy groups -OCH3 is 1. The lowest BCUT2D eigenvalue weighted by Crippen LogP contribution is -2.55. The molecule has 2 N–H and O–H groups in total. The van der Waals surface area contributed by atoms with Crippen LogP contribution in [-0.2, 0) is 19.1 Å². The molecule has 1 saturated heterocycles. The minimum Gasteiger partial charge on any atom is -0.459 e. The molecule has 0 aromatic carbocycles. The van der Waals surface area contributed by atoms with Gasteiger partial charge >= 0.3 is 5.97 Å². The van der Waals surface area contributed by atoms with E-state index in [-0.39, 0.29) is 17.6 Å². The van der Waals surface area contributed by atoms with Crippen LogP contribution < -0.4 is 0 Å². The summed E-state index contributed by atoms with van der Waals surface area (Å²) in [6, 6.07) is 0. The van der Waals surface area contributed by atoms with E-state index in [1.165, 1.54) is 6.92 Å². The van der Waals surface area contributed by atoms with Crippen LogP contribution >= 0.6 is 0 Å². The summed E-state index contributed by atoms with van der Waals surface area (Å²) in [7, 11) is 1.63. The molecule has 0 aliphatic carbocycles. The third kappa shape index (κ3) is 5.75. The molecule has 0 spiro atoms. The van der Waals surface area contributed by atoms with E-state index >= 15 is 0 Å². The number of Topliss-reactive ketones (excluding diaryl/α,β-unsaturated/α-hetero) is 1. The summed E-state index contributed by atoms with van der Waals surface area (Å²) in [5, 5.41) is 21.7. The van der Waals surface area contributed by atoms with Crippen molar-refractivity contribution in [2.75, 3.05) is 7.11 Å². The summed E-state index contributed by atoms with van der Waals surface area (Å²) in [5.41, 5.74) is -2.20. The number of hydrogen-bond acceptors (Lipinski definition) is 6. The van der Waals surface area contributed by atoms with Crippen molar-refractivity contribution in [3.8, 4) is 0 Å². The Kier molecular flexibility index (Phi) is 8.45. The van der Waals surface area contributed by atoms with Crippen molar-refractivity contribution >= 4 is 11.8 Å². The van der Waals surface area contributed by atoms with Crippen LogP contribution in [0.5, 0.6) is 0 Å². The van der Waals surface area contributed by atoms with Crippen LogP contribution in [-0.4, -0.2) is 52.5 Å². The van der Waals surface area contributed by atoms with Crippen molar-refractivity contribution in [2.24, 2.45) is 17.8 Å². The smallest absolute Gasteiger partial charge is 0.309 e. The Bertz CT molecular complexity index is 517. The minimum absolute atomic E-state index is 0.127. The molecule has 0 aromatic rings. The maximum atomic E-state index is 12.9. The molecule has 158 valence electrons. The number of carbonyl (C=O) groups is 2. The number of cyclic esters (lactones) is 1. The zero-order valence-corrected chi connectivity index (χ0v) is 17.9. The summed E-state index contributed by atoms with van der Waals surface area (Å²) in [6.07, 6.45) is 0.797. The monoisotopic (exact) mass is 386 g/mol. The van der Waals surface area contributed by atoms with Gasteiger partial charge in [0.1, 0.15) is 17.5 Å². The molecule has 6 nitrogen and oxygen atoms in total. The Morgan fingerprint density at radius 1 is 1.19 bits per heavy atom. The molecule has 1 heterocycles. The summed E-state index contributed by atoms with van der Waals surface area (Å²) in [6.45, 7) is 10.4. The predicted molar refractivity (Wildman–Crippen MR) is 103 cm³/mol. The highest BCUT2D eigenvalue weighted by Gasteiger charge is 2.46. The highest BCUT2D eigenvalue weighted by Crippen LogP contribution is 2.33. The third-order valence-corrected chi connectivity index (χ3v) is 6.26. The van der Waals surface area contributed by atoms with Gasteiger partial charge in [0.05, 0.1) is 17.6 Å². The molecule has 1 rings (SSSR count). The van der Waals surface area contributed by atoms with Gasteiger partial charge in [0.2, 0.25) is 0 Å². The van der Waals surface area contributed by atoms with Gasteiger partial charge in [-0.1, -0.05) is 27.7 Å². The van der Waals surface area contributed by atoms with E-state index in [0.29, 0.717) is 19.3 Å². The first-order valence-corrected chi connectivity index (χ1v) is 10.1. The van der Waals surface area contributed by atoms with Crippen molar-refractivity contribution in [1.82, 2.24) is 0 Å². The fourth-order valence-electron chi connectivity index (χ4n) is 4.11. The minimum atomic E-state index is -1.71. The van der Waals surface area contributed by atoms with Crippen LogP contribution in [0.1, 0.15) is 73.6 Å². The van der Waals surface area contributed by atoms with Crippen LogP contribution in [0.15, 0.2) is 0 Å².